The van der Waals surface area contributed by atoms with Gasteiger partial charge in [-0.1, -0.05) is 6.92 Å². The molecule has 0 bridgehead atoms. The SMILES string of the molecule is CCN1CCc2c(sc3c2C(=O)N[C@@H](c2sccc2C)N3)C1. The number of hydrogen-bond donors (Lipinski definition) is 2. The highest BCUT2D eigenvalue weighted by Gasteiger charge is 2.33. The molecule has 116 valence electrons. The number of carbonyl (C=O) groups excluding carboxylic acids is 1. The van der Waals surface area contributed by atoms with Crippen LogP contribution in [0, 0.1) is 6.92 Å². The Morgan fingerprint density at radius 1 is 1.41 bits per heavy atom. The lowest BCUT2D eigenvalue weighted by atomic mass is 10.0. The second-order valence-corrected chi connectivity index (χ2v) is 7.90. The molecule has 6 heteroatoms. The van der Waals surface area contributed by atoms with Crippen LogP contribution >= 0.6 is 22.7 Å². The first-order chi connectivity index (χ1) is 10.7. The van der Waals surface area contributed by atoms with Gasteiger partial charge in [-0.15, -0.1) is 22.7 Å². The molecule has 0 unspecified atom stereocenters. The van der Waals surface area contributed by atoms with Gasteiger partial charge in [-0.2, -0.15) is 0 Å². The molecule has 0 saturated heterocycles. The van der Waals surface area contributed by atoms with E-state index in [2.05, 4.69) is 40.8 Å². The molecule has 4 nitrogen and oxygen atoms in total. The van der Waals surface area contributed by atoms with Crippen LogP contribution in [0.3, 0.4) is 0 Å². The van der Waals surface area contributed by atoms with Crippen LogP contribution in [-0.4, -0.2) is 23.9 Å². The summed E-state index contributed by atoms with van der Waals surface area (Å²) in [4.78, 5) is 17.6. The van der Waals surface area contributed by atoms with E-state index >= 15 is 0 Å². The topological polar surface area (TPSA) is 44.4 Å². The van der Waals surface area contributed by atoms with E-state index in [1.807, 2.05) is 0 Å². The number of amides is 1. The van der Waals surface area contributed by atoms with Gasteiger partial charge in [0.2, 0.25) is 0 Å². The van der Waals surface area contributed by atoms with Crippen LogP contribution in [0.25, 0.3) is 0 Å². The van der Waals surface area contributed by atoms with E-state index < -0.39 is 0 Å². The van der Waals surface area contributed by atoms with E-state index in [1.54, 1.807) is 22.7 Å². The van der Waals surface area contributed by atoms with Crippen molar-refractivity contribution in [2.24, 2.45) is 0 Å². The Balaban J connectivity index is 1.69. The molecule has 22 heavy (non-hydrogen) atoms. The number of rotatable bonds is 2. The summed E-state index contributed by atoms with van der Waals surface area (Å²) in [6, 6.07) is 2.10. The largest absolute Gasteiger partial charge is 0.352 e. The molecule has 2 aromatic heterocycles. The van der Waals surface area contributed by atoms with E-state index in [-0.39, 0.29) is 12.1 Å². The van der Waals surface area contributed by atoms with Crippen LogP contribution in [-0.2, 0) is 13.0 Å². The van der Waals surface area contributed by atoms with Crippen molar-refractivity contribution in [3.63, 3.8) is 0 Å². The van der Waals surface area contributed by atoms with Crippen molar-refractivity contribution >= 4 is 33.6 Å². The molecule has 2 aliphatic rings. The van der Waals surface area contributed by atoms with Crippen LogP contribution in [0.15, 0.2) is 11.4 Å². The molecular formula is C16H19N3OS2. The minimum atomic E-state index is -0.0950. The summed E-state index contributed by atoms with van der Waals surface area (Å²) in [5.74, 6) is 0.0778. The van der Waals surface area contributed by atoms with Gasteiger partial charge >= 0.3 is 0 Å². The zero-order valence-electron chi connectivity index (χ0n) is 12.7. The number of carbonyl (C=O) groups is 1. The average molecular weight is 333 g/mol. The van der Waals surface area contributed by atoms with Crippen molar-refractivity contribution in [1.29, 1.82) is 0 Å². The van der Waals surface area contributed by atoms with Crippen molar-refractivity contribution in [1.82, 2.24) is 10.2 Å². The summed E-state index contributed by atoms with van der Waals surface area (Å²) in [7, 11) is 0. The second kappa shape index (κ2) is 5.37. The fourth-order valence-electron chi connectivity index (χ4n) is 3.25. The van der Waals surface area contributed by atoms with Crippen LogP contribution in [0.4, 0.5) is 5.00 Å². The van der Waals surface area contributed by atoms with Crippen molar-refractivity contribution in [2.75, 3.05) is 18.4 Å². The van der Waals surface area contributed by atoms with Gasteiger partial charge in [0.05, 0.1) is 5.56 Å². The number of thiophene rings is 2. The lowest BCUT2D eigenvalue weighted by Crippen LogP contribution is -2.38. The van der Waals surface area contributed by atoms with Gasteiger partial charge in [0.1, 0.15) is 11.2 Å². The first-order valence-corrected chi connectivity index (χ1v) is 9.35. The first-order valence-electron chi connectivity index (χ1n) is 7.65. The van der Waals surface area contributed by atoms with E-state index in [0.29, 0.717) is 0 Å². The third-order valence-corrected chi connectivity index (χ3v) is 6.76. The maximum Gasteiger partial charge on any atom is 0.256 e. The highest BCUT2D eigenvalue weighted by atomic mass is 32.1. The Morgan fingerprint density at radius 2 is 2.27 bits per heavy atom. The third kappa shape index (κ3) is 2.17. The fraction of sp³-hybridized carbons (Fsp3) is 0.438. The zero-order chi connectivity index (χ0) is 15.3. The van der Waals surface area contributed by atoms with Gasteiger partial charge in [-0.05, 0) is 42.5 Å². The number of hydrogen-bond acceptors (Lipinski definition) is 5. The fourth-order valence-corrected chi connectivity index (χ4v) is 5.49. The molecule has 1 amide bonds. The second-order valence-electron chi connectivity index (χ2n) is 5.85. The van der Waals surface area contributed by atoms with E-state index in [1.165, 1.54) is 20.9 Å². The molecular weight excluding hydrogens is 314 g/mol. The Kier molecular flexibility index (Phi) is 3.47. The zero-order valence-corrected chi connectivity index (χ0v) is 14.4. The average Bonchev–Trinajstić information content (AvgIpc) is 3.09. The molecule has 2 aromatic rings. The summed E-state index contributed by atoms with van der Waals surface area (Å²) < 4.78 is 0. The van der Waals surface area contributed by atoms with E-state index in [0.717, 1.165) is 36.6 Å². The predicted octanol–water partition coefficient (Wildman–Crippen LogP) is 3.35. The minimum absolute atomic E-state index is 0.0778. The summed E-state index contributed by atoms with van der Waals surface area (Å²) in [6.45, 7) is 7.38. The lowest BCUT2D eigenvalue weighted by molar-refractivity contribution is 0.0935. The van der Waals surface area contributed by atoms with Gasteiger partial charge in [0.25, 0.3) is 5.91 Å². The highest BCUT2D eigenvalue weighted by Crippen LogP contribution is 2.41. The van der Waals surface area contributed by atoms with Gasteiger partial charge < -0.3 is 10.6 Å². The van der Waals surface area contributed by atoms with E-state index in [4.69, 9.17) is 0 Å². The van der Waals surface area contributed by atoms with Crippen molar-refractivity contribution in [2.45, 2.75) is 33.0 Å². The summed E-state index contributed by atoms with van der Waals surface area (Å²) >= 11 is 3.45. The van der Waals surface area contributed by atoms with Crippen molar-refractivity contribution < 1.29 is 4.79 Å². The highest BCUT2D eigenvalue weighted by molar-refractivity contribution is 7.16. The van der Waals surface area contributed by atoms with Gasteiger partial charge in [-0.3, -0.25) is 9.69 Å². The standard InChI is InChI=1S/C16H19N3OS2/c1-3-19-6-4-10-11(8-19)22-16-12(10)15(20)17-14(18-16)13-9(2)5-7-21-13/h5,7,14,18H,3-4,6,8H2,1-2H3,(H,17,20)/t14-/m1/s1. The first kappa shape index (κ1) is 14.2. The molecule has 0 spiro atoms. The maximum absolute atomic E-state index is 12.6. The number of likely N-dealkylation sites (N-methyl/N-ethyl adjacent to an activating group) is 1. The van der Waals surface area contributed by atoms with Gasteiger partial charge in [-0.25, -0.2) is 0 Å². The number of fused-ring (bicyclic) bond motifs is 3. The lowest BCUT2D eigenvalue weighted by Gasteiger charge is -2.27. The predicted molar refractivity (Wildman–Crippen MR) is 91.9 cm³/mol. The number of nitrogens with one attached hydrogen (secondary N) is 2. The van der Waals surface area contributed by atoms with Crippen LogP contribution in [0.1, 0.15) is 44.3 Å². The summed E-state index contributed by atoms with van der Waals surface area (Å²) in [6.07, 6.45) is 0.884. The monoisotopic (exact) mass is 333 g/mol. The van der Waals surface area contributed by atoms with Gasteiger partial charge in [0, 0.05) is 22.8 Å². The Labute approximate surface area is 138 Å². The number of aryl methyl sites for hydroxylation is 1. The molecule has 4 heterocycles. The Morgan fingerprint density at radius 3 is 3.00 bits per heavy atom. The van der Waals surface area contributed by atoms with E-state index in [9.17, 15) is 4.79 Å². The summed E-state index contributed by atoms with van der Waals surface area (Å²) in [5.41, 5.74) is 3.38. The molecule has 0 aromatic carbocycles. The van der Waals surface area contributed by atoms with Crippen LogP contribution in [0.2, 0.25) is 0 Å². The third-order valence-electron chi connectivity index (χ3n) is 4.52. The molecule has 4 rings (SSSR count). The smallest absolute Gasteiger partial charge is 0.256 e. The molecule has 0 aliphatic carbocycles. The molecule has 0 fully saturated rings. The van der Waals surface area contributed by atoms with Gasteiger partial charge in [0.15, 0.2) is 0 Å². The van der Waals surface area contributed by atoms with Crippen molar-refractivity contribution in [3.8, 4) is 0 Å². The Hall–Kier alpha value is -1.37. The normalized spacial score (nSPS) is 21.0. The molecule has 0 saturated carbocycles. The number of anilines is 1. The Bertz CT molecular complexity index is 734. The maximum atomic E-state index is 12.6. The molecule has 0 radical (unpaired) electrons. The number of nitrogens with zero attached hydrogens (tertiary/aromatic N) is 1. The quantitative estimate of drug-likeness (QED) is 0.886. The molecule has 2 N–H and O–H groups in total. The molecule has 2 aliphatic heterocycles. The van der Waals surface area contributed by atoms with Crippen molar-refractivity contribution in [3.05, 3.63) is 37.9 Å². The summed E-state index contributed by atoms with van der Waals surface area (Å²) in [5, 5.41) is 9.79. The van der Waals surface area contributed by atoms with Crippen LogP contribution < -0.4 is 10.6 Å². The molecule has 1 atom stereocenters. The minimum Gasteiger partial charge on any atom is -0.352 e. The van der Waals surface area contributed by atoms with Crippen LogP contribution in [0.5, 0.6) is 0 Å².